The van der Waals surface area contributed by atoms with Crippen molar-refractivity contribution < 1.29 is 18.3 Å². The Balaban J connectivity index is 1.95. The second-order valence-electron chi connectivity index (χ2n) is 11.1. The third kappa shape index (κ3) is 6.56. The molecule has 0 spiro atoms. The third-order valence-corrected chi connectivity index (χ3v) is 8.81. The largest absolute Gasteiger partial charge is 0.492 e. The molecule has 3 aromatic heterocycles. The van der Waals surface area contributed by atoms with E-state index in [0.717, 1.165) is 22.7 Å². The molecule has 0 amide bonds. The van der Waals surface area contributed by atoms with Crippen LogP contribution in [0.4, 0.5) is 0 Å². The first-order valence-electron chi connectivity index (χ1n) is 14.0. The SMILES string of the molecule is Cc1nc2sc1c(=O)oc(=N)c1cc(ccc1OCC(C)C)c1nc(C)c(s1)c(=O)oc(=N)c1cc2ccc1OCC(C)C. The van der Waals surface area contributed by atoms with E-state index in [2.05, 4.69) is 9.97 Å². The van der Waals surface area contributed by atoms with Gasteiger partial charge < -0.3 is 18.3 Å². The van der Waals surface area contributed by atoms with Crippen LogP contribution in [0, 0.1) is 36.5 Å². The van der Waals surface area contributed by atoms with E-state index in [1.807, 2.05) is 27.7 Å². The normalized spacial score (nSPS) is 11.5. The fraction of sp³-hybridized carbons (Fsp3) is 0.312. The standard InChI is InChI=1S/C32H32N4O6S2/c1-15(2)13-39-23-9-7-19-11-21(23)27(33)41-31(37)25-17(5)36-30(44-25)20-8-10-24(40-14-16(3)4)22(12-20)28(34)42-32(38)26-18(6)35-29(19)43-26/h7-12,15-16,33-34H,13-14H2,1-6H3. The second kappa shape index (κ2) is 12.7. The number of nitrogens with zero attached hydrogens (tertiary/aromatic N) is 2. The molecule has 0 saturated carbocycles. The Kier molecular flexibility index (Phi) is 8.93. The van der Waals surface area contributed by atoms with Crippen molar-refractivity contribution >= 4 is 63.3 Å². The summed E-state index contributed by atoms with van der Waals surface area (Å²) in [6.07, 6.45) is 0. The molecule has 0 aliphatic heterocycles. The summed E-state index contributed by atoms with van der Waals surface area (Å²) >= 11 is 2.20. The first kappa shape index (κ1) is 31.0. The van der Waals surface area contributed by atoms with Crippen molar-refractivity contribution in [3.8, 4) is 11.5 Å². The molecule has 0 aliphatic rings. The van der Waals surface area contributed by atoms with Gasteiger partial charge in [0.1, 0.15) is 30.6 Å². The van der Waals surface area contributed by atoms with Gasteiger partial charge in [0.15, 0.2) is 0 Å². The number of thiazole rings is 2. The molecule has 0 aliphatic carbocycles. The van der Waals surface area contributed by atoms with Crippen molar-refractivity contribution in [2.45, 2.75) is 41.5 Å². The van der Waals surface area contributed by atoms with Crippen molar-refractivity contribution in [3.05, 3.63) is 79.7 Å². The minimum Gasteiger partial charge on any atom is -0.492 e. The Morgan fingerprint density at radius 3 is 1.45 bits per heavy atom. The molecule has 0 radical (unpaired) electrons. The highest BCUT2D eigenvalue weighted by Crippen LogP contribution is 2.27. The molecule has 5 aromatic rings. The summed E-state index contributed by atoms with van der Waals surface area (Å²) in [6.45, 7) is 12.2. The lowest BCUT2D eigenvalue weighted by molar-refractivity contribution is 0.273. The van der Waals surface area contributed by atoms with Gasteiger partial charge in [-0.05, 0) is 62.1 Å². The molecule has 8 bridgehead atoms. The van der Waals surface area contributed by atoms with E-state index in [1.54, 1.807) is 50.2 Å². The summed E-state index contributed by atoms with van der Waals surface area (Å²) in [5.41, 5.74) is -1.35. The van der Waals surface area contributed by atoms with E-state index >= 15 is 0 Å². The number of aryl methyl sites for hydroxylation is 2. The number of ether oxygens (including phenoxy) is 2. The lowest BCUT2D eigenvalue weighted by Crippen LogP contribution is -2.10. The summed E-state index contributed by atoms with van der Waals surface area (Å²) in [4.78, 5) is 36.8. The van der Waals surface area contributed by atoms with E-state index in [1.165, 1.54) is 0 Å². The highest BCUT2D eigenvalue weighted by molar-refractivity contribution is 7.24. The van der Waals surface area contributed by atoms with Crippen LogP contribution in [0.2, 0.25) is 0 Å². The summed E-state index contributed by atoms with van der Waals surface area (Å²) in [5, 5.41) is 19.2. The number of hydrogen-bond acceptors (Lipinski definition) is 12. The van der Waals surface area contributed by atoms with Crippen molar-refractivity contribution in [2.24, 2.45) is 11.8 Å². The maximum atomic E-state index is 13.3. The maximum absolute atomic E-state index is 13.3. The molecule has 0 fully saturated rings. The monoisotopic (exact) mass is 632 g/mol. The molecule has 44 heavy (non-hydrogen) atoms. The van der Waals surface area contributed by atoms with Crippen LogP contribution in [0.3, 0.4) is 0 Å². The third-order valence-electron chi connectivity index (χ3n) is 6.44. The molecule has 2 N–H and O–H groups in total. The lowest BCUT2D eigenvalue weighted by Gasteiger charge is -2.09. The number of benzene rings is 2. The quantitative estimate of drug-likeness (QED) is 0.217. The Labute approximate surface area is 259 Å². The molecule has 0 atom stereocenters. The summed E-state index contributed by atoms with van der Waals surface area (Å²) in [6, 6.07) is 10.2. The minimum atomic E-state index is -0.719. The maximum Gasteiger partial charge on any atom is 0.356 e. The molecule has 2 aromatic carbocycles. The van der Waals surface area contributed by atoms with Gasteiger partial charge in [-0.2, -0.15) is 0 Å². The zero-order chi connectivity index (χ0) is 31.7. The molecule has 5 rings (SSSR count). The number of nitrogens with one attached hydrogen (secondary N) is 2. The van der Waals surface area contributed by atoms with E-state index in [9.17, 15) is 9.59 Å². The Bertz CT molecular complexity index is 2110. The van der Waals surface area contributed by atoms with Crippen LogP contribution in [0.15, 0.2) is 54.8 Å². The van der Waals surface area contributed by atoms with Crippen LogP contribution < -0.4 is 31.8 Å². The Morgan fingerprint density at radius 2 is 1.09 bits per heavy atom. The summed E-state index contributed by atoms with van der Waals surface area (Å²) in [5.74, 6) is 1.21. The number of hydrogen-bond donors (Lipinski definition) is 2. The average Bonchev–Trinajstić information content (AvgIpc) is 3.56. The number of fused-ring (bicyclic) bond motifs is 10. The number of rotatable bonds is 6. The first-order chi connectivity index (χ1) is 20.9. The van der Waals surface area contributed by atoms with Gasteiger partial charge in [-0.3, -0.25) is 10.8 Å². The van der Waals surface area contributed by atoms with Crippen LogP contribution >= 0.6 is 22.7 Å². The second-order valence-corrected chi connectivity index (χ2v) is 13.1. The Hall–Kier alpha value is -4.42. The van der Waals surface area contributed by atoms with Gasteiger partial charge >= 0.3 is 11.3 Å². The van der Waals surface area contributed by atoms with Crippen molar-refractivity contribution in [3.63, 3.8) is 0 Å². The van der Waals surface area contributed by atoms with E-state index in [0.29, 0.717) is 56.5 Å². The highest BCUT2D eigenvalue weighted by Gasteiger charge is 2.12. The van der Waals surface area contributed by atoms with Gasteiger partial charge in [-0.1, -0.05) is 27.7 Å². The predicted molar refractivity (Wildman–Crippen MR) is 173 cm³/mol. The zero-order valence-corrected chi connectivity index (χ0v) is 26.8. The van der Waals surface area contributed by atoms with E-state index < -0.39 is 11.3 Å². The van der Waals surface area contributed by atoms with Crippen LogP contribution in [0.5, 0.6) is 11.5 Å². The van der Waals surface area contributed by atoms with Crippen LogP contribution in [0.1, 0.15) is 39.1 Å². The van der Waals surface area contributed by atoms with Gasteiger partial charge in [0.25, 0.3) is 0 Å². The van der Waals surface area contributed by atoms with Crippen molar-refractivity contribution in [1.82, 2.24) is 9.97 Å². The lowest BCUT2D eigenvalue weighted by atomic mass is 10.2. The molecule has 0 unspecified atom stereocenters. The van der Waals surface area contributed by atoms with Crippen molar-refractivity contribution in [1.29, 1.82) is 10.8 Å². The molecule has 3 heterocycles. The van der Waals surface area contributed by atoms with Gasteiger partial charge in [-0.25, -0.2) is 19.6 Å². The van der Waals surface area contributed by atoms with Gasteiger partial charge in [-0.15, -0.1) is 22.7 Å². The highest BCUT2D eigenvalue weighted by atomic mass is 32.1. The summed E-state index contributed by atoms with van der Waals surface area (Å²) in [7, 11) is 0. The molecule has 228 valence electrons. The fourth-order valence-corrected chi connectivity index (χ4v) is 6.13. The van der Waals surface area contributed by atoms with Gasteiger partial charge in [0.2, 0.25) is 11.1 Å². The molecule has 12 heteroatoms. The van der Waals surface area contributed by atoms with Crippen LogP contribution in [-0.2, 0) is 0 Å². The van der Waals surface area contributed by atoms with Gasteiger partial charge in [0, 0.05) is 10.8 Å². The topological polar surface area (TPSA) is 152 Å². The molecular weight excluding hydrogens is 601 g/mol. The molecule has 10 nitrogen and oxygen atoms in total. The van der Waals surface area contributed by atoms with Crippen LogP contribution in [-0.4, -0.2) is 23.2 Å². The van der Waals surface area contributed by atoms with Gasteiger partial charge in [0.05, 0.1) is 35.4 Å². The predicted octanol–water partition coefficient (Wildman–Crippen LogP) is 6.45. The van der Waals surface area contributed by atoms with Crippen molar-refractivity contribution in [2.75, 3.05) is 13.2 Å². The molecule has 0 saturated heterocycles. The van der Waals surface area contributed by atoms with E-state index in [-0.39, 0.29) is 43.1 Å². The fourth-order valence-electron chi connectivity index (χ4n) is 4.25. The smallest absolute Gasteiger partial charge is 0.356 e. The molecular formula is C32H32N4O6S2. The first-order valence-corrected chi connectivity index (χ1v) is 15.7. The number of aromatic nitrogens is 2. The summed E-state index contributed by atoms with van der Waals surface area (Å²) < 4.78 is 23.5. The van der Waals surface area contributed by atoms with E-state index in [4.69, 9.17) is 29.1 Å². The average molecular weight is 633 g/mol. The Morgan fingerprint density at radius 1 is 0.705 bits per heavy atom. The minimum absolute atomic E-state index is 0.223. The zero-order valence-electron chi connectivity index (χ0n) is 25.2. The van der Waals surface area contributed by atoms with Crippen LogP contribution in [0.25, 0.3) is 40.6 Å².